The number of hydrogen-bond donors (Lipinski definition) is 3. The van der Waals surface area contributed by atoms with Crippen molar-refractivity contribution in [3.63, 3.8) is 0 Å². The fourth-order valence-corrected chi connectivity index (χ4v) is 1.93. The molecule has 0 unspecified atom stereocenters. The van der Waals surface area contributed by atoms with E-state index in [-0.39, 0.29) is 0 Å². The number of carbonyl (C=O) groups is 1. The van der Waals surface area contributed by atoms with Gasteiger partial charge in [-0.15, -0.1) is 0 Å². The number of hydrogen-bond acceptors (Lipinski definition) is 2. The van der Waals surface area contributed by atoms with Crippen molar-refractivity contribution in [1.29, 1.82) is 0 Å². The molecule has 0 aromatic rings. The van der Waals surface area contributed by atoms with Gasteiger partial charge in [0.2, 0.25) is 0 Å². The molecule has 0 aromatic heterocycles. The Morgan fingerprint density at radius 1 is 1.29 bits per heavy atom. The Balaban J connectivity index is 1.99. The highest BCUT2D eigenvalue weighted by atomic mass is 16.2. The molecule has 1 saturated carbocycles. The number of rotatable bonds is 4. The van der Waals surface area contributed by atoms with Crippen molar-refractivity contribution in [2.75, 3.05) is 13.1 Å². The minimum Gasteiger partial charge on any atom is -0.352 e. The Bertz CT molecular complexity index is 176. The smallest absolute Gasteiger partial charge is 0.312 e. The quantitative estimate of drug-likeness (QED) is 0.587. The first kappa shape index (κ1) is 11.3. The van der Waals surface area contributed by atoms with Gasteiger partial charge in [0.1, 0.15) is 0 Å². The third-order valence-electron chi connectivity index (χ3n) is 2.87. The number of carbonyl (C=O) groups excluding carboxylic acids is 1. The van der Waals surface area contributed by atoms with E-state index in [1.807, 2.05) is 0 Å². The zero-order chi connectivity index (χ0) is 10.4. The molecule has 4 N–H and O–H groups in total. The van der Waals surface area contributed by atoms with E-state index in [4.69, 9.17) is 5.73 Å². The van der Waals surface area contributed by atoms with E-state index in [2.05, 4.69) is 17.6 Å². The predicted molar refractivity (Wildman–Crippen MR) is 57.0 cm³/mol. The second-order valence-corrected chi connectivity index (χ2v) is 4.20. The first-order valence-corrected chi connectivity index (χ1v) is 5.45. The van der Waals surface area contributed by atoms with Crippen LogP contribution in [0.15, 0.2) is 0 Å². The van der Waals surface area contributed by atoms with E-state index < -0.39 is 6.03 Å². The molecule has 0 saturated heterocycles. The molecule has 4 heteroatoms. The molecule has 14 heavy (non-hydrogen) atoms. The van der Waals surface area contributed by atoms with Gasteiger partial charge in [0.15, 0.2) is 0 Å². The molecule has 1 rings (SSSR count). The Hall–Kier alpha value is -0.770. The van der Waals surface area contributed by atoms with Gasteiger partial charge in [-0.3, -0.25) is 0 Å². The molecular weight excluding hydrogens is 178 g/mol. The topological polar surface area (TPSA) is 67.2 Å². The van der Waals surface area contributed by atoms with Crippen LogP contribution in [0.3, 0.4) is 0 Å². The van der Waals surface area contributed by atoms with Gasteiger partial charge >= 0.3 is 6.03 Å². The largest absolute Gasteiger partial charge is 0.352 e. The lowest BCUT2D eigenvalue weighted by Crippen LogP contribution is -2.40. The lowest BCUT2D eigenvalue weighted by Gasteiger charge is -2.26. The van der Waals surface area contributed by atoms with Crippen LogP contribution in [0, 0.1) is 5.92 Å². The van der Waals surface area contributed by atoms with E-state index in [1.165, 1.54) is 25.7 Å². The van der Waals surface area contributed by atoms with E-state index in [1.54, 1.807) is 0 Å². The molecule has 0 aliphatic heterocycles. The number of primary amides is 1. The first-order valence-electron chi connectivity index (χ1n) is 5.45. The van der Waals surface area contributed by atoms with Gasteiger partial charge in [0.25, 0.3) is 0 Å². The van der Waals surface area contributed by atoms with E-state index >= 15 is 0 Å². The molecule has 0 aromatic carbocycles. The molecule has 82 valence electrons. The highest BCUT2D eigenvalue weighted by Crippen LogP contribution is 2.22. The monoisotopic (exact) mass is 199 g/mol. The third-order valence-corrected chi connectivity index (χ3v) is 2.87. The van der Waals surface area contributed by atoms with Crippen LogP contribution in [0.25, 0.3) is 0 Å². The summed E-state index contributed by atoms with van der Waals surface area (Å²) in [6.45, 7) is 3.76. The highest BCUT2D eigenvalue weighted by molar-refractivity contribution is 5.71. The van der Waals surface area contributed by atoms with Crippen molar-refractivity contribution in [1.82, 2.24) is 10.6 Å². The van der Waals surface area contributed by atoms with Crippen LogP contribution >= 0.6 is 0 Å². The van der Waals surface area contributed by atoms with Gasteiger partial charge in [0, 0.05) is 19.1 Å². The fraction of sp³-hybridized carbons (Fsp3) is 0.900. The summed E-state index contributed by atoms with van der Waals surface area (Å²) in [7, 11) is 0. The van der Waals surface area contributed by atoms with E-state index in [0.717, 1.165) is 12.5 Å². The zero-order valence-corrected chi connectivity index (χ0v) is 8.88. The van der Waals surface area contributed by atoms with Crippen molar-refractivity contribution in [3.8, 4) is 0 Å². The maximum absolute atomic E-state index is 10.4. The Labute approximate surface area is 85.6 Å². The lowest BCUT2D eigenvalue weighted by atomic mass is 9.87. The van der Waals surface area contributed by atoms with Crippen LogP contribution in [-0.4, -0.2) is 25.2 Å². The lowest BCUT2D eigenvalue weighted by molar-refractivity contribution is 0.248. The molecule has 0 atom stereocenters. The molecule has 0 radical (unpaired) electrons. The van der Waals surface area contributed by atoms with Gasteiger partial charge in [-0.1, -0.05) is 6.92 Å². The van der Waals surface area contributed by atoms with Crippen molar-refractivity contribution in [2.24, 2.45) is 11.7 Å². The number of urea groups is 1. The molecule has 0 spiro atoms. The average molecular weight is 199 g/mol. The Morgan fingerprint density at radius 3 is 2.50 bits per heavy atom. The molecule has 1 aliphatic rings. The summed E-state index contributed by atoms with van der Waals surface area (Å²) in [6.07, 6.45) is 5.16. The van der Waals surface area contributed by atoms with Gasteiger partial charge in [-0.05, 0) is 31.6 Å². The summed E-state index contributed by atoms with van der Waals surface area (Å²) in [5, 5.41) is 6.00. The van der Waals surface area contributed by atoms with E-state index in [0.29, 0.717) is 12.6 Å². The summed E-state index contributed by atoms with van der Waals surface area (Å²) < 4.78 is 0. The second-order valence-electron chi connectivity index (χ2n) is 4.20. The van der Waals surface area contributed by atoms with Crippen LogP contribution < -0.4 is 16.4 Å². The van der Waals surface area contributed by atoms with Gasteiger partial charge < -0.3 is 16.4 Å². The fourth-order valence-electron chi connectivity index (χ4n) is 1.93. The number of amides is 2. The van der Waals surface area contributed by atoms with Crippen LogP contribution in [0.4, 0.5) is 4.79 Å². The van der Waals surface area contributed by atoms with Crippen LogP contribution in [0.5, 0.6) is 0 Å². The predicted octanol–water partition coefficient (Wildman–Crippen LogP) is 0.823. The summed E-state index contributed by atoms with van der Waals surface area (Å²) >= 11 is 0. The summed E-state index contributed by atoms with van der Waals surface area (Å²) in [5.74, 6) is 0.886. The molecule has 0 heterocycles. The van der Waals surface area contributed by atoms with Gasteiger partial charge in [-0.25, -0.2) is 4.79 Å². The third kappa shape index (κ3) is 4.46. The molecule has 1 aliphatic carbocycles. The summed E-state index contributed by atoms with van der Waals surface area (Å²) in [6, 6.07) is 0.199. The van der Waals surface area contributed by atoms with Crippen molar-refractivity contribution in [3.05, 3.63) is 0 Å². The molecule has 2 amide bonds. The normalized spacial score (nSPS) is 27.2. The SMILES string of the molecule is CC1CCC(NCCNC(N)=O)CC1. The highest BCUT2D eigenvalue weighted by Gasteiger charge is 2.16. The van der Waals surface area contributed by atoms with Crippen LogP contribution in [0.1, 0.15) is 32.6 Å². The number of nitrogens with one attached hydrogen (secondary N) is 2. The average Bonchev–Trinajstić information content (AvgIpc) is 2.15. The minimum absolute atomic E-state index is 0.441. The number of nitrogens with two attached hydrogens (primary N) is 1. The summed E-state index contributed by atoms with van der Waals surface area (Å²) in [4.78, 5) is 10.4. The molecule has 4 nitrogen and oxygen atoms in total. The van der Waals surface area contributed by atoms with Crippen molar-refractivity contribution >= 4 is 6.03 Å². The minimum atomic E-state index is -0.441. The van der Waals surface area contributed by atoms with E-state index in [9.17, 15) is 4.79 Å². The Kier molecular flexibility index (Phi) is 4.73. The van der Waals surface area contributed by atoms with Gasteiger partial charge in [-0.2, -0.15) is 0 Å². The zero-order valence-electron chi connectivity index (χ0n) is 8.88. The van der Waals surface area contributed by atoms with Gasteiger partial charge in [0.05, 0.1) is 0 Å². The molecule has 1 fully saturated rings. The molecular formula is C10H21N3O. The van der Waals surface area contributed by atoms with Crippen LogP contribution in [-0.2, 0) is 0 Å². The Morgan fingerprint density at radius 2 is 1.93 bits per heavy atom. The summed E-state index contributed by atoms with van der Waals surface area (Å²) in [5.41, 5.74) is 4.95. The van der Waals surface area contributed by atoms with Crippen molar-refractivity contribution in [2.45, 2.75) is 38.6 Å². The maximum atomic E-state index is 10.4. The first-order chi connectivity index (χ1) is 6.68. The standard InChI is InChI=1S/C10H21N3O/c1-8-2-4-9(5-3-8)12-6-7-13-10(11)14/h8-9,12H,2-7H2,1H3,(H3,11,13,14). The van der Waals surface area contributed by atoms with Crippen molar-refractivity contribution < 1.29 is 4.79 Å². The maximum Gasteiger partial charge on any atom is 0.312 e. The second kappa shape index (κ2) is 5.86. The van der Waals surface area contributed by atoms with Crippen LogP contribution in [0.2, 0.25) is 0 Å². The molecule has 0 bridgehead atoms.